The number of methoxy groups -OCH3 is 1. The quantitative estimate of drug-likeness (QED) is 0.506. The number of nitrogens with one attached hydrogen (secondary N) is 2. The van der Waals surface area contributed by atoms with Crippen molar-refractivity contribution in [3.05, 3.63) is 0 Å². The zero-order chi connectivity index (χ0) is 13.5. The summed E-state index contributed by atoms with van der Waals surface area (Å²) in [5.74, 6) is -0.874. The summed E-state index contributed by atoms with van der Waals surface area (Å²) < 4.78 is 4.88. The maximum Gasteiger partial charge on any atom is 0.321 e. The molecule has 0 bridgehead atoms. The average Bonchev–Trinajstić information content (AvgIpc) is 3.14. The number of rotatable bonds is 9. The zero-order valence-corrected chi connectivity index (χ0v) is 10.9. The van der Waals surface area contributed by atoms with Crippen LogP contribution in [0.4, 0.5) is 0 Å². The molecule has 1 amide bonds. The van der Waals surface area contributed by atoms with Crippen LogP contribution in [0.1, 0.15) is 26.2 Å². The lowest BCUT2D eigenvalue weighted by Gasteiger charge is -2.19. The highest BCUT2D eigenvalue weighted by molar-refractivity contribution is 5.82. The van der Waals surface area contributed by atoms with Gasteiger partial charge in [-0.15, -0.1) is 0 Å². The van der Waals surface area contributed by atoms with Crippen LogP contribution in [-0.2, 0) is 14.3 Å². The molecule has 2 unspecified atom stereocenters. The van der Waals surface area contributed by atoms with Crippen molar-refractivity contribution in [2.45, 2.75) is 38.3 Å². The van der Waals surface area contributed by atoms with Crippen molar-refractivity contribution in [2.75, 3.05) is 20.3 Å². The normalized spacial score (nSPS) is 18.1. The van der Waals surface area contributed by atoms with E-state index in [4.69, 9.17) is 9.84 Å². The molecule has 6 nitrogen and oxygen atoms in total. The molecule has 3 N–H and O–H groups in total. The Morgan fingerprint density at radius 3 is 2.61 bits per heavy atom. The third kappa shape index (κ3) is 5.01. The fraction of sp³-hybridized carbons (Fsp3) is 0.833. The second-order valence-electron chi connectivity index (χ2n) is 4.68. The van der Waals surface area contributed by atoms with Gasteiger partial charge in [-0.2, -0.15) is 0 Å². The van der Waals surface area contributed by atoms with E-state index < -0.39 is 18.1 Å². The molecule has 0 aromatic heterocycles. The van der Waals surface area contributed by atoms with Crippen LogP contribution in [0.25, 0.3) is 0 Å². The molecule has 18 heavy (non-hydrogen) atoms. The van der Waals surface area contributed by atoms with E-state index >= 15 is 0 Å². The highest BCUT2D eigenvalue weighted by atomic mass is 16.5. The summed E-state index contributed by atoms with van der Waals surface area (Å²) in [4.78, 5) is 22.7. The van der Waals surface area contributed by atoms with Crippen LogP contribution in [0.5, 0.6) is 0 Å². The molecular formula is C12H22N2O4. The maximum absolute atomic E-state index is 11.7. The molecular weight excluding hydrogens is 236 g/mol. The molecule has 104 valence electrons. The predicted octanol–water partition coefficient (Wildman–Crippen LogP) is -0.0196. The Morgan fingerprint density at radius 2 is 2.11 bits per heavy atom. The number of carbonyl (C=O) groups is 2. The van der Waals surface area contributed by atoms with Crippen molar-refractivity contribution < 1.29 is 19.4 Å². The Hall–Kier alpha value is -1.14. The van der Waals surface area contributed by atoms with Crippen LogP contribution in [0.2, 0.25) is 0 Å². The second-order valence-corrected chi connectivity index (χ2v) is 4.68. The van der Waals surface area contributed by atoms with E-state index in [1.807, 2.05) is 0 Å². The predicted molar refractivity (Wildman–Crippen MR) is 66.2 cm³/mol. The third-order valence-electron chi connectivity index (χ3n) is 3.01. The van der Waals surface area contributed by atoms with Crippen LogP contribution >= 0.6 is 0 Å². The van der Waals surface area contributed by atoms with E-state index in [9.17, 15) is 9.59 Å². The molecule has 1 rings (SSSR count). The number of hydrogen-bond acceptors (Lipinski definition) is 4. The van der Waals surface area contributed by atoms with E-state index in [0.717, 1.165) is 19.3 Å². The van der Waals surface area contributed by atoms with E-state index in [2.05, 4.69) is 10.6 Å². The largest absolute Gasteiger partial charge is 0.480 e. The van der Waals surface area contributed by atoms with Crippen molar-refractivity contribution in [1.82, 2.24) is 10.6 Å². The summed E-state index contributed by atoms with van der Waals surface area (Å²) in [6, 6.07) is -1.10. The first-order valence-electron chi connectivity index (χ1n) is 6.31. The van der Waals surface area contributed by atoms with Gasteiger partial charge in [0.1, 0.15) is 6.04 Å². The number of carboxylic acids is 1. The van der Waals surface area contributed by atoms with Gasteiger partial charge >= 0.3 is 5.97 Å². The number of hydrogen-bond donors (Lipinski definition) is 3. The van der Waals surface area contributed by atoms with Gasteiger partial charge in [0.25, 0.3) is 0 Å². The molecule has 0 aromatic carbocycles. The van der Waals surface area contributed by atoms with Crippen LogP contribution < -0.4 is 10.6 Å². The maximum atomic E-state index is 11.7. The molecule has 0 aromatic rings. The summed E-state index contributed by atoms with van der Waals surface area (Å²) in [6.07, 6.45) is 2.60. The Bertz CT molecular complexity index is 292. The Balaban J connectivity index is 2.27. The number of carboxylic acid groups (broad SMARTS) is 1. The molecule has 1 aliphatic rings. The fourth-order valence-corrected chi connectivity index (χ4v) is 1.76. The van der Waals surface area contributed by atoms with Crippen LogP contribution in [0.15, 0.2) is 0 Å². The van der Waals surface area contributed by atoms with Crippen molar-refractivity contribution in [1.29, 1.82) is 0 Å². The standard InChI is InChI=1S/C12H22N2O4/c1-8(11(15)13-6-3-7-18-2)14-10(12(16)17)9-4-5-9/h8-10,14H,3-7H2,1-2H3,(H,13,15)(H,16,17). The van der Waals surface area contributed by atoms with Gasteiger partial charge in [-0.3, -0.25) is 14.9 Å². The summed E-state index contributed by atoms with van der Waals surface area (Å²) >= 11 is 0. The first-order chi connectivity index (χ1) is 8.56. The van der Waals surface area contributed by atoms with E-state index in [-0.39, 0.29) is 11.8 Å². The Labute approximate surface area is 107 Å². The smallest absolute Gasteiger partial charge is 0.321 e. The van der Waals surface area contributed by atoms with Gasteiger partial charge in [0.05, 0.1) is 6.04 Å². The van der Waals surface area contributed by atoms with Gasteiger partial charge < -0.3 is 15.2 Å². The minimum Gasteiger partial charge on any atom is -0.480 e. The molecule has 1 aliphatic carbocycles. The lowest BCUT2D eigenvalue weighted by atomic mass is 10.1. The third-order valence-corrected chi connectivity index (χ3v) is 3.01. The number of aliphatic carboxylic acids is 1. The van der Waals surface area contributed by atoms with Crippen LogP contribution in [0, 0.1) is 5.92 Å². The molecule has 1 fully saturated rings. The minimum absolute atomic E-state index is 0.169. The average molecular weight is 258 g/mol. The zero-order valence-electron chi connectivity index (χ0n) is 10.9. The van der Waals surface area contributed by atoms with Gasteiger partial charge in [-0.25, -0.2) is 0 Å². The van der Waals surface area contributed by atoms with E-state index in [0.29, 0.717) is 13.2 Å². The molecule has 0 aliphatic heterocycles. The first-order valence-corrected chi connectivity index (χ1v) is 6.31. The van der Waals surface area contributed by atoms with Crippen LogP contribution in [0.3, 0.4) is 0 Å². The first kappa shape index (κ1) is 14.9. The van der Waals surface area contributed by atoms with Gasteiger partial charge in [0, 0.05) is 20.3 Å². The van der Waals surface area contributed by atoms with E-state index in [1.54, 1.807) is 14.0 Å². The van der Waals surface area contributed by atoms with Crippen molar-refractivity contribution >= 4 is 11.9 Å². The van der Waals surface area contributed by atoms with Gasteiger partial charge in [-0.05, 0) is 32.1 Å². The van der Waals surface area contributed by atoms with Gasteiger partial charge in [0.2, 0.25) is 5.91 Å². The highest BCUT2D eigenvalue weighted by Crippen LogP contribution is 2.32. The Kier molecular flexibility index (Phi) is 6.07. The highest BCUT2D eigenvalue weighted by Gasteiger charge is 2.37. The van der Waals surface area contributed by atoms with Gasteiger partial charge in [0.15, 0.2) is 0 Å². The van der Waals surface area contributed by atoms with Crippen molar-refractivity contribution in [2.24, 2.45) is 5.92 Å². The number of ether oxygens (including phenoxy) is 1. The molecule has 0 heterocycles. The van der Waals surface area contributed by atoms with E-state index in [1.165, 1.54) is 0 Å². The monoisotopic (exact) mass is 258 g/mol. The Morgan fingerprint density at radius 1 is 1.44 bits per heavy atom. The summed E-state index contributed by atoms with van der Waals surface area (Å²) in [5.41, 5.74) is 0. The molecule has 0 spiro atoms. The fourth-order valence-electron chi connectivity index (χ4n) is 1.76. The van der Waals surface area contributed by atoms with Gasteiger partial charge in [-0.1, -0.05) is 0 Å². The van der Waals surface area contributed by atoms with Crippen molar-refractivity contribution in [3.63, 3.8) is 0 Å². The topological polar surface area (TPSA) is 87.7 Å². The summed E-state index contributed by atoms with van der Waals surface area (Å²) in [6.45, 7) is 2.83. The number of carbonyl (C=O) groups excluding carboxylic acids is 1. The van der Waals surface area contributed by atoms with Crippen LogP contribution in [-0.4, -0.2) is 49.3 Å². The summed E-state index contributed by atoms with van der Waals surface area (Å²) in [5, 5.41) is 14.7. The molecule has 1 saturated carbocycles. The summed E-state index contributed by atoms with van der Waals surface area (Å²) in [7, 11) is 1.61. The molecule has 2 atom stereocenters. The molecule has 0 radical (unpaired) electrons. The lowest BCUT2D eigenvalue weighted by molar-refractivity contribution is -0.140. The van der Waals surface area contributed by atoms with Crippen molar-refractivity contribution in [3.8, 4) is 0 Å². The number of amides is 1. The lowest BCUT2D eigenvalue weighted by Crippen LogP contribution is -2.50. The molecule has 6 heteroatoms. The second kappa shape index (κ2) is 7.33. The SMILES string of the molecule is COCCCNC(=O)C(C)NC(C(=O)O)C1CC1. The molecule has 0 saturated heterocycles. The minimum atomic E-state index is -0.878.